The third-order valence-corrected chi connectivity index (χ3v) is 9.04. The molecule has 2 aliphatic rings. The van der Waals surface area contributed by atoms with Crippen LogP contribution in [0.3, 0.4) is 0 Å². The molecule has 0 aromatic heterocycles. The molecule has 0 amide bonds. The second-order valence-electron chi connectivity index (χ2n) is 8.88. The first-order valence-electron chi connectivity index (χ1n) is 12.3. The highest BCUT2D eigenvalue weighted by Crippen LogP contribution is 2.61. The third kappa shape index (κ3) is 3.77. The number of hydrogen-bond donors (Lipinski definition) is 0. The Morgan fingerprint density at radius 2 is 1.16 bits per heavy atom. The lowest BCUT2D eigenvalue weighted by Crippen LogP contribution is -2.34. The minimum absolute atomic E-state index is 0.0158. The van der Waals surface area contributed by atoms with Crippen molar-refractivity contribution in [1.29, 1.82) is 0 Å². The van der Waals surface area contributed by atoms with E-state index in [0.29, 0.717) is 28.2 Å². The highest BCUT2D eigenvalue weighted by Gasteiger charge is 2.56. The molecule has 5 rings (SSSR count). The fourth-order valence-electron chi connectivity index (χ4n) is 5.38. The summed E-state index contributed by atoms with van der Waals surface area (Å²) in [6, 6.07) is 11.8. The van der Waals surface area contributed by atoms with E-state index in [4.69, 9.17) is 55.9 Å². The van der Waals surface area contributed by atoms with Gasteiger partial charge in [-0.3, -0.25) is 0 Å². The van der Waals surface area contributed by atoms with E-state index in [1.165, 1.54) is 0 Å². The number of nitrogens with zero attached hydrogens (tertiary/aromatic N) is 2. The lowest BCUT2D eigenvalue weighted by molar-refractivity contribution is 0.0225. The Hall–Kier alpha value is -2.31. The van der Waals surface area contributed by atoms with E-state index in [1.807, 2.05) is 36.4 Å². The van der Waals surface area contributed by atoms with Gasteiger partial charge in [0.15, 0.2) is 5.60 Å². The molecular formula is C28H26Cl4N2O3. The number of esters is 1. The topological polar surface area (TPSA) is 42.0 Å². The van der Waals surface area contributed by atoms with Crippen LogP contribution in [0, 0.1) is 0 Å². The van der Waals surface area contributed by atoms with Crippen molar-refractivity contribution in [3.63, 3.8) is 0 Å². The average Bonchev–Trinajstić information content (AvgIpc) is 3.20. The molecule has 3 aromatic rings. The summed E-state index contributed by atoms with van der Waals surface area (Å²) >= 11 is 26.2. The van der Waals surface area contributed by atoms with E-state index in [-0.39, 0.29) is 25.7 Å². The van der Waals surface area contributed by atoms with Gasteiger partial charge in [-0.1, -0.05) is 46.4 Å². The quantitative estimate of drug-likeness (QED) is 0.166. The average molecular weight is 580 g/mol. The molecule has 2 aliphatic heterocycles. The highest BCUT2D eigenvalue weighted by molar-refractivity contribution is 6.53. The van der Waals surface area contributed by atoms with Crippen molar-refractivity contribution < 1.29 is 14.3 Å². The van der Waals surface area contributed by atoms with Crippen LogP contribution in [0.4, 0.5) is 11.4 Å². The fraction of sp³-hybridized carbons (Fsp3) is 0.321. The summed E-state index contributed by atoms with van der Waals surface area (Å²) in [5.41, 5.74) is 2.32. The molecule has 0 unspecified atom stereocenters. The predicted octanol–water partition coefficient (Wildman–Crippen LogP) is 8.56. The van der Waals surface area contributed by atoms with E-state index in [9.17, 15) is 4.79 Å². The Bertz CT molecular complexity index is 1360. The Balaban J connectivity index is 1.85. The molecule has 3 aromatic carbocycles. The standard InChI is InChI=1S/C28H26Cl4N2O3/c1-5-33(6-2)15-9-11-17-19(13-15)36-20-14-16(34(7-3)8-4)10-12-18(20)28(17)22-21(27(35)37-28)23(29)25(31)26(32)24(22)30/h9-14H,5-8H2,1-4H3. The van der Waals surface area contributed by atoms with Gasteiger partial charge >= 0.3 is 5.97 Å². The first-order chi connectivity index (χ1) is 17.7. The van der Waals surface area contributed by atoms with Crippen molar-refractivity contribution in [1.82, 2.24) is 0 Å². The zero-order valence-electron chi connectivity index (χ0n) is 20.9. The zero-order valence-corrected chi connectivity index (χ0v) is 23.9. The number of benzene rings is 3. The van der Waals surface area contributed by atoms with Gasteiger partial charge in [0.2, 0.25) is 0 Å². The summed E-state index contributed by atoms with van der Waals surface area (Å²) in [6.45, 7) is 11.7. The van der Waals surface area contributed by atoms with Crippen LogP contribution in [0.5, 0.6) is 11.5 Å². The fourth-order valence-corrected chi connectivity index (χ4v) is 6.44. The van der Waals surface area contributed by atoms with Gasteiger partial charge in [0.1, 0.15) is 11.5 Å². The molecule has 0 bridgehead atoms. The number of carbonyl (C=O) groups excluding carboxylic acids is 1. The highest BCUT2D eigenvalue weighted by atomic mass is 35.5. The summed E-state index contributed by atoms with van der Waals surface area (Å²) in [7, 11) is 0. The van der Waals surface area contributed by atoms with Crippen molar-refractivity contribution in [2.24, 2.45) is 0 Å². The second kappa shape index (κ2) is 9.77. The summed E-state index contributed by atoms with van der Waals surface area (Å²) < 4.78 is 12.8. The number of anilines is 2. The van der Waals surface area contributed by atoms with Crippen molar-refractivity contribution in [3.05, 3.63) is 78.7 Å². The lowest BCUT2D eigenvalue weighted by atomic mass is 9.77. The van der Waals surface area contributed by atoms with Crippen LogP contribution < -0.4 is 14.5 Å². The molecule has 37 heavy (non-hydrogen) atoms. The second-order valence-corrected chi connectivity index (χ2v) is 10.4. The third-order valence-electron chi connectivity index (χ3n) is 7.24. The smallest absolute Gasteiger partial charge is 0.341 e. The van der Waals surface area contributed by atoms with Gasteiger partial charge in [-0.05, 0) is 52.0 Å². The molecule has 1 spiro atoms. The number of rotatable bonds is 6. The van der Waals surface area contributed by atoms with Gasteiger partial charge in [-0.15, -0.1) is 0 Å². The zero-order chi connectivity index (χ0) is 26.6. The molecule has 0 fully saturated rings. The van der Waals surface area contributed by atoms with E-state index in [2.05, 4.69) is 37.5 Å². The Morgan fingerprint density at radius 1 is 0.703 bits per heavy atom. The molecular weight excluding hydrogens is 554 g/mol. The van der Waals surface area contributed by atoms with E-state index >= 15 is 0 Å². The van der Waals surface area contributed by atoms with E-state index < -0.39 is 11.6 Å². The largest absolute Gasteiger partial charge is 0.456 e. The van der Waals surface area contributed by atoms with Gasteiger partial charge in [0, 0.05) is 66.4 Å². The van der Waals surface area contributed by atoms with E-state index in [0.717, 1.165) is 37.6 Å². The summed E-state index contributed by atoms with van der Waals surface area (Å²) in [6.07, 6.45) is 0. The van der Waals surface area contributed by atoms with Gasteiger partial charge in [-0.2, -0.15) is 0 Å². The van der Waals surface area contributed by atoms with Gasteiger partial charge in [-0.25, -0.2) is 4.79 Å². The Kier molecular flexibility index (Phi) is 6.95. The van der Waals surface area contributed by atoms with E-state index in [1.54, 1.807) is 0 Å². The van der Waals surface area contributed by atoms with Crippen LogP contribution in [0.15, 0.2) is 36.4 Å². The van der Waals surface area contributed by atoms with Gasteiger partial charge in [0.05, 0.1) is 25.7 Å². The van der Waals surface area contributed by atoms with Crippen molar-refractivity contribution in [3.8, 4) is 11.5 Å². The van der Waals surface area contributed by atoms with Crippen LogP contribution >= 0.6 is 46.4 Å². The van der Waals surface area contributed by atoms with Gasteiger partial charge < -0.3 is 19.3 Å². The molecule has 0 saturated heterocycles. The molecule has 2 heterocycles. The molecule has 0 N–H and O–H groups in total. The number of carbonyl (C=O) groups is 1. The minimum Gasteiger partial charge on any atom is -0.456 e. The first kappa shape index (κ1) is 26.3. The molecule has 0 saturated carbocycles. The van der Waals surface area contributed by atoms with Crippen LogP contribution in [0.2, 0.25) is 20.1 Å². The number of hydrogen-bond acceptors (Lipinski definition) is 5. The van der Waals surface area contributed by atoms with Gasteiger partial charge in [0.25, 0.3) is 0 Å². The monoisotopic (exact) mass is 578 g/mol. The maximum absolute atomic E-state index is 13.4. The van der Waals surface area contributed by atoms with Crippen molar-refractivity contribution in [2.75, 3.05) is 36.0 Å². The van der Waals surface area contributed by atoms with Crippen LogP contribution in [0.25, 0.3) is 0 Å². The maximum Gasteiger partial charge on any atom is 0.341 e. The van der Waals surface area contributed by atoms with Crippen LogP contribution in [0.1, 0.15) is 54.7 Å². The summed E-state index contributed by atoms with van der Waals surface area (Å²) in [4.78, 5) is 17.8. The Labute approximate surface area is 236 Å². The molecule has 5 nitrogen and oxygen atoms in total. The molecule has 9 heteroatoms. The van der Waals surface area contributed by atoms with Crippen molar-refractivity contribution in [2.45, 2.75) is 33.3 Å². The number of fused-ring (bicyclic) bond motifs is 6. The summed E-state index contributed by atoms with van der Waals surface area (Å²) in [5.74, 6) is 0.500. The normalized spacial score (nSPS) is 14.5. The molecule has 0 radical (unpaired) electrons. The van der Waals surface area contributed by atoms with Crippen molar-refractivity contribution >= 4 is 63.7 Å². The minimum atomic E-state index is -1.41. The maximum atomic E-state index is 13.4. The Morgan fingerprint density at radius 3 is 1.62 bits per heavy atom. The van der Waals surface area contributed by atoms with Crippen LogP contribution in [-0.2, 0) is 10.3 Å². The van der Waals surface area contributed by atoms with Crippen LogP contribution in [-0.4, -0.2) is 32.1 Å². The molecule has 0 atom stereocenters. The molecule has 0 aliphatic carbocycles. The lowest BCUT2D eigenvalue weighted by Gasteiger charge is -2.38. The SMILES string of the molecule is CCN(CC)c1ccc2c(c1)Oc1cc(N(CC)CC)ccc1C21OC(=O)c2c(Cl)c(Cl)c(Cl)c(Cl)c21. The number of ether oxygens (including phenoxy) is 2. The number of halogens is 4. The predicted molar refractivity (Wildman–Crippen MR) is 152 cm³/mol. The first-order valence-corrected chi connectivity index (χ1v) is 13.8. The summed E-state index contributed by atoms with van der Waals surface area (Å²) in [5, 5.41) is 0.222. The molecule has 194 valence electrons.